The normalized spacial score (nSPS) is 10.0. The number of carbonyl (C=O) groups is 2. The highest BCUT2D eigenvalue weighted by atomic mass is 16.5. The van der Waals surface area contributed by atoms with E-state index in [2.05, 4.69) is 5.32 Å². The van der Waals surface area contributed by atoms with E-state index in [0.717, 1.165) is 0 Å². The molecule has 0 saturated heterocycles. The quantitative estimate of drug-likeness (QED) is 0.752. The van der Waals surface area contributed by atoms with Gasteiger partial charge in [0.1, 0.15) is 11.5 Å². The van der Waals surface area contributed by atoms with Gasteiger partial charge in [-0.2, -0.15) is 0 Å². The van der Waals surface area contributed by atoms with Gasteiger partial charge in [0.15, 0.2) is 0 Å². The minimum atomic E-state index is -1.06. The van der Waals surface area contributed by atoms with E-state index in [1.165, 1.54) is 38.5 Å². The minimum absolute atomic E-state index is 0.0978. The van der Waals surface area contributed by atoms with Gasteiger partial charge in [-0.1, -0.05) is 0 Å². The third-order valence-electron chi connectivity index (χ3n) is 3.17. The van der Waals surface area contributed by atoms with Crippen LogP contribution >= 0.6 is 0 Å². The van der Waals surface area contributed by atoms with E-state index >= 15 is 0 Å². The molecule has 0 heterocycles. The number of rotatable bonds is 6. The highest BCUT2D eigenvalue weighted by Crippen LogP contribution is 2.33. The van der Waals surface area contributed by atoms with Crippen molar-refractivity contribution in [3.05, 3.63) is 47.5 Å². The monoisotopic (exact) mass is 317 g/mol. The molecule has 0 saturated carbocycles. The fraction of sp³-hybridized carbons (Fsp3) is 0.125. The summed E-state index contributed by atoms with van der Waals surface area (Å²) < 4.78 is 10.4. The van der Waals surface area contributed by atoms with Crippen LogP contribution in [0.15, 0.2) is 36.4 Å². The van der Waals surface area contributed by atoms with Gasteiger partial charge in [0, 0.05) is 0 Å². The number of methoxy groups -OCH3 is 2. The van der Waals surface area contributed by atoms with Crippen molar-refractivity contribution in [2.24, 2.45) is 0 Å². The lowest BCUT2D eigenvalue weighted by molar-refractivity contribution is 0.0686. The van der Waals surface area contributed by atoms with Crippen molar-refractivity contribution in [3.63, 3.8) is 0 Å². The fourth-order valence-corrected chi connectivity index (χ4v) is 2.00. The predicted molar refractivity (Wildman–Crippen MR) is 83.2 cm³/mol. The van der Waals surface area contributed by atoms with Crippen molar-refractivity contribution >= 4 is 23.3 Å². The second-order valence-electron chi connectivity index (χ2n) is 4.57. The van der Waals surface area contributed by atoms with E-state index in [0.29, 0.717) is 22.9 Å². The summed E-state index contributed by atoms with van der Waals surface area (Å²) in [7, 11) is 2.85. The molecule has 0 aliphatic rings. The number of hydrogen-bond acceptors (Lipinski definition) is 5. The van der Waals surface area contributed by atoms with Gasteiger partial charge >= 0.3 is 11.9 Å². The zero-order valence-electron chi connectivity index (χ0n) is 12.5. The van der Waals surface area contributed by atoms with Crippen molar-refractivity contribution < 1.29 is 29.3 Å². The zero-order valence-corrected chi connectivity index (χ0v) is 12.5. The summed E-state index contributed by atoms with van der Waals surface area (Å²) in [5.74, 6) is -1.43. The molecule has 2 rings (SSSR count). The van der Waals surface area contributed by atoms with E-state index in [1.807, 2.05) is 0 Å². The third-order valence-corrected chi connectivity index (χ3v) is 3.17. The largest absolute Gasteiger partial charge is 0.495 e. The van der Waals surface area contributed by atoms with Crippen LogP contribution in [0.3, 0.4) is 0 Å². The smallest absolute Gasteiger partial charge is 0.335 e. The minimum Gasteiger partial charge on any atom is -0.495 e. The van der Waals surface area contributed by atoms with Crippen LogP contribution in [-0.2, 0) is 0 Å². The Kier molecular flexibility index (Phi) is 4.70. The molecule has 7 nitrogen and oxygen atoms in total. The molecule has 0 fully saturated rings. The van der Waals surface area contributed by atoms with Crippen LogP contribution in [0.1, 0.15) is 20.7 Å². The Morgan fingerprint density at radius 2 is 1.22 bits per heavy atom. The second kappa shape index (κ2) is 6.69. The number of carboxylic acids is 2. The SMILES string of the molecule is COc1cc(C(=O)O)ccc1Nc1ccc(C(=O)O)cc1OC. The standard InChI is InChI=1S/C16H15NO6/c1-22-13-7-9(15(18)19)3-5-11(13)17-12-6-4-10(16(20)21)8-14(12)23-2/h3-8,17H,1-2H3,(H,18,19)(H,20,21). The highest BCUT2D eigenvalue weighted by Gasteiger charge is 2.13. The molecular formula is C16H15NO6. The summed E-state index contributed by atoms with van der Waals surface area (Å²) in [5.41, 5.74) is 1.25. The van der Waals surface area contributed by atoms with Crippen LogP contribution in [0.25, 0.3) is 0 Å². The summed E-state index contributed by atoms with van der Waals surface area (Å²) in [6.45, 7) is 0. The van der Waals surface area contributed by atoms with Crippen LogP contribution in [0.4, 0.5) is 11.4 Å². The maximum Gasteiger partial charge on any atom is 0.335 e. The van der Waals surface area contributed by atoms with Gasteiger partial charge in [0.2, 0.25) is 0 Å². The third kappa shape index (κ3) is 3.52. The van der Waals surface area contributed by atoms with Crippen molar-refractivity contribution in [2.45, 2.75) is 0 Å². The Morgan fingerprint density at radius 1 is 0.826 bits per heavy atom. The lowest BCUT2D eigenvalue weighted by Gasteiger charge is -2.15. The van der Waals surface area contributed by atoms with Crippen LogP contribution in [0.2, 0.25) is 0 Å². The zero-order chi connectivity index (χ0) is 17.0. The Bertz CT molecular complexity index is 693. The molecule has 0 unspecified atom stereocenters. The van der Waals surface area contributed by atoms with E-state index in [4.69, 9.17) is 19.7 Å². The number of anilines is 2. The van der Waals surface area contributed by atoms with E-state index < -0.39 is 11.9 Å². The van der Waals surface area contributed by atoms with Gasteiger partial charge < -0.3 is 25.0 Å². The van der Waals surface area contributed by atoms with Crippen molar-refractivity contribution in [1.29, 1.82) is 0 Å². The Labute approximate surface area is 132 Å². The van der Waals surface area contributed by atoms with Crippen LogP contribution in [0, 0.1) is 0 Å². The molecule has 0 spiro atoms. The van der Waals surface area contributed by atoms with Gasteiger partial charge in [0.25, 0.3) is 0 Å². The average molecular weight is 317 g/mol. The molecule has 0 aliphatic carbocycles. The maximum absolute atomic E-state index is 11.0. The molecule has 0 amide bonds. The van der Waals surface area contributed by atoms with Gasteiger partial charge in [-0.25, -0.2) is 9.59 Å². The summed E-state index contributed by atoms with van der Waals surface area (Å²) in [6.07, 6.45) is 0. The molecule has 120 valence electrons. The molecule has 0 radical (unpaired) electrons. The topological polar surface area (TPSA) is 105 Å². The molecule has 2 aromatic rings. The van der Waals surface area contributed by atoms with Gasteiger partial charge in [0.05, 0.1) is 36.7 Å². The first-order valence-electron chi connectivity index (χ1n) is 6.56. The summed E-state index contributed by atoms with van der Waals surface area (Å²) in [5, 5.41) is 21.0. The number of aromatic carboxylic acids is 2. The summed E-state index contributed by atoms with van der Waals surface area (Å²) >= 11 is 0. The molecule has 7 heteroatoms. The fourth-order valence-electron chi connectivity index (χ4n) is 2.00. The first-order chi connectivity index (χ1) is 11.0. The molecule has 0 bridgehead atoms. The van der Waals surface area contributed by atoms with E-state index in [1.54, 1.807) is 12.1 Å². The number of benzene rings is 2. The lowest BCUT2D eigenvalue weighted by atomic mass is 10.1. The summed E-state index contributed by atoms with van der Waals surface area (Å²) in [6, 6.07) is 8.78. The molecule has 23 heavy (non-hydrogen) atoms. The second-order valence-corrected chi connectivity index (χ2v) is 4.57. The Hall–Kier alpha value is -3.22. The van der Waals surface area contributed by atoms with Gasteiger partial charge in [-0.15, -0.1) is 0 Å². The van der Waals surface area contributed by atoms with Crippen molar-refractivity contribution in [1.82, 2.24) is 0 Å². The highest BCUT2D eigenvalue weighted by molar-refractivity contribution is 5.91. The van der Waals surface area contributed by atoms with Crippen molar-refractivity contribution in [2.75, 3.05) is 19.5 Å². The molecule has 0 aliphatic heterocycles. The first-order valence-corrected chi connectivity index (χ1v) is 6.56. The molecule has 2 aromatic carbocycles. The van der Waals surface area contributed by atoms with E-state index in [-0.39, 0.29) is 11.1 Å². The lowest BCUT2D eigenvalue weighted by Crippen LogP contribution is -2.02. The Balaban J connectivity index is 2.39. The van der Waals surface area contributed by atoms with Gasteiger partial charge in [-0.3, -0.25) is 0 Å². The molecule has 0 atom stereocenters. The number of nitrogens with one attached hydrogen (secondary N) is 1. The number of carboxylic acid groups (broad SMARTS) is 2. The first kappa shape index (κ1) is 16.2. The predicted octanol–water partition coefficient (Wildman–Crippen LogP) is 2.84. The summed E-state index contributed by atoms with van der Waals surface area (Å²) in [4.78, 5) is 22.0. The van der Waals surface area contributed by atoms with Crippen LogP contribution in [-0.4, -0.2) is 36.4 Å². The number of ether oxygens (including phenoxy) is 2. The van der Waals surface area contributed by atoms with Crippen LogP contribution < -0.4 is 14.8 Å². The van der Waals surface area contributed by atoms with Crippen LogP contribution in [0.5, 0.6) is 11.5 Å². The molecular weight excluding hydrogens is 302 g/mol. The molecule has 0 aromatic heterocycles. The van der Waals surface area contributed by atoms with Gasteiger partial charge in [-0.05, 0) is 36.4 Å². The molecule has 3 N–H and O–H groups in total. The number of hydrogen-bond donors (Lipinski definition) is 3. The Morgan fingerprint density at radius 3 is 1.52 bits per heavy atom. The van der Waals surface area contributed by atoms with Crippen molar-refractivity contribution in [3.8, 4) is 11.5 Å². The average Bonchev–Trinajstić information content (AvgIpc) is 2.55. The maximum atomic E-state index is 11.0. The van der Waals surface area contributed by atoms with E-state index in [9.17, 15) is 9.59 Å².